The Morgan fingerprint density at radius 3 is 2.42 bits per heavy atom. The van der Waals surface area contributed by atoms with E-state index in [9.17, 15) is 5.11 Å². The molecule has 220 valence electrons. The molecule has 0 aliphatic carbocycles. The number of hydrogen-bond donors (Lipinski definition) is 4. The number of ether oxygens (including phenoxy) is 2. The summed E-state index contributed by atoms with van der Waals surface area (Å²) in [7, 11) is 1.94. The van der Waals surface area contributed by atoms with Crippen molar-refractivity contribution in [2.24, 2.45) is 18.5 Å². The van der Waals surface area contributed by atoms with Gasteiger partial charge in [0.1, 0.15) is 30.0 Å². The molecule has 0 saturated carbocycles. The first-order valence-electron chi connectivity index (χ1n) is 14.6. The van der Waals surface area contributed by atoms with Gasteiger partial charge in [0, 0.05) is 40.3 Å². The number of rotatable bonds is 11. The lowest BCUT2D eigenvalue weighted by atomic mass is 9.97. The fraction of sp³-hybridized carbons (Fsp3) is 0.229. The number of aliphatic hydroxyl groups excluding tert-OH is 1. The van der Waals surface area contributed by atoms with Crippen molar-refractivity contribution in [3.63, 3.8) is 0 Å². The maximum atomic E-state index is 10.3. The number of H-pyrrole nitrogens is 1. The van der Waals surface area contributed by atoms with Gasteiger partial charge in [0.2, 0.25) is 0 Å². The Kier molecular flexibility index (Phi) is 8.16. The molecule has 0 radical (unpaired) electrons. The number of para-hydroxylation sites is 2. The molecule has 0 bridgehead atoms. The van der Waals surface area contributed by atoms with E-state index >= 15 is 0 Å². The molecule has 2 atom stereocenters. The molecule has 0 fully saturated rings. The molecule has 0 saturated heterocycles. The molecule has 0 aliphatic heterocycles. The highest BCUT2D eigenvalue weighted by Gasteiger charge is 2.24. The molecule has 0 unspecified atom stereocenters. The fourth-order valence-electron chi connectivity index (χ4n) is 5.78. The van der Waals surface area contributed by atoms with Gasteiger partial charge in [0.25, 0.3) is 0 Å². The topological polar surface area (TPSA) is 124 Å². The summed E-state index contributed by atoms with van der Waals surface area (Å²) in [5.74, 6) is 1.65. The van der Waals surface area contributed by atoms with Crippen LogP contribution >= 0.6 is 0 Å². The van der Waals surface area contributed by atoms with Gasteiger partial charge in [-0.1, -0.05) is 72.8 Å². The zero-order valence-electron chi connectivity index (χ0n) is 24.5. The van der Waals surface area contributed by atoms with E-state index in [4.69, 9.17) is 26.0 Å². The molecule has 0 aliphatic rings. The number of nitrogens with two attached hydrogens (primary N) is 2. The Hall–Kier alpha value is -4.63. The second kappa shape index (κ2) is 12.3. The average molecular weight is 576 g/mol. The molecule has 6 N–H and O–H groups in total. The van der Waals surface area contributed by atoms with Crippen molar-refractivity contribution in [2.75, 3.05) is 6.61 Å². The number of benzene rings is 4. The molecule has 6 rings (SSSR count). The molecule has 43 heavy (non-hydrogen) atoms. The van der Waals surface area contributed by atoms with Gasteiger partial charge < -0.3 is 31.0 Å². The minimum absolute atomic E-state index is 0.324. The van der Waals surface area contributed by atoms with E-state index in [1.807, 2.05) is 72.4 Å². The van der Waals surface area contributed by atoms with E-state index in [0.717, 1.165) is 73.4 Å². The van der Waals surface area contributed by atoms with Crippen molar-refractivity contribution >= 4 is 21.7 Å². The molecule has 6 aromatic rings. The smallest absolute Gasteiger partial charge is 0.133 e. The van der Waals surface area contributed by atoms with Gasteiger partial charge in [-0.25, -0.2) is 0 Å². The summed E-state index contributed by atoms with van der Waals surface area (Å²) in [6.07, 6.45) is 0.236. The first-order valence-corrected chi connectivity index (χ1v) is 14.6. The Bertz CT molecular complexity index is 1850. The lowest BCUT2D eigenvalue weighted by molar-refractivity contribution is 0.150. The number of nitrogens with one attached hydrogen (secondary N) is 1. The zero-order chi connectivity index (χ0) is 29.9. The van der Waals surface area contributed by atoms with Crippen LogP contribution in [0.2, 0.25) is 0 Å². The molecular weight excluding hydrogens is 538 g/mol. The third-order valence-electron chi connectivity index (χ3n) is 8.05. The van der Waals surface area contributed by atoms with Crippen LogP contribution in [0.3, 0.4) is 0 Å². The second-order valence-corrected chi connectivity index (χ2v) is 10.8. The molecule has 8 nitrogen and oxygen atoms in total. The summed E-state index contributed by atoms with van der Waals surface area (Å²) in [6, 6.07) is 29.5. The van der Waals surface area contributed by atoms with Crippen LogP contribution in [0, 0.1) is 6.92 Å². The molecular formula is C35H37N5O3. The van der Waals surface area contributed by atoms with E-state index in [0.29, 0.717) is 19.6 Å². The standard InChI is InChI=1S/C35H37N5O3/c1-22-31(29(39-40(22)2)21-43-24-13-4-3-5-14-24)28-17-9-16-26-27(34(38-33(26)28)32(36)35(37)41)18-10-20-42-30-19-8-12-23-11-6-7-15-25(23)30/h3-9,11-17,19,32,35,38,41H,10,18,20-21,36-37H2,1-2H3/t32-,35-/m1/s1. The number of aliphatic hydroxyl groups is 1. The van der Waals surface area contributed by atoms with Gasteiger partial charge in [-0.3, -0.25) is 4.68 Å². The Morgan fingerprint density at radius 2 is 1.60 bits per heavy atom. The quantitative estimate of drug-likeness (QED) is 0.113. The number of hydrogen-bond acceptors (Lipinski definition) is 6. The average Bonchev–Trinajstić information content (AvgIpc) is 3.54. The minimum Gasteiger partial charge on any atom is -0.493 e. The fourth-order valence-corrected chi connectivity index (χ4v) is 5.78. The molecule has 2 heterocycles. The van der Waals surface area contributed by atoms with Gasteiger partial charge in [-0.15, -0.1) is 0 Å². The highest BCUT2D eigenvalue weighted by molar-refractivity contribution is 5.98. The van der Waals surface area contributed by atoms with Gasteiger partial charge in [-0.05, 0) is 48.9 Å². The number of aryl methyl sites for hydroxylation is 2. The van der Waals surface area contributed by atoms with Crippen molar-refractivity contribution in [1.82, 2.24) is 14.8 Å². The molecule has 0 amide bonds. The maximum Gasteiger partial charge on any atom is 0.133 e. The predicted molar refractivity (Wildman–Crippen MR) is 171 cm³/mol. The van der Waals surface area contributed by atoms with Crippen LogP contribution in [-0.4, -0.2) is 32.7 Å². The Labute approximate surface area is 250 Å². The SMILES string of the molecule is Cc1c(-c2cccc3c(CCCOc4cccc5ccccc45)c([C@@H](N)[C@H](N)O)[nH]c23)c(COc2ccccc2)nn1C. The first kappa shape index (κ1) is 28.5. The predicted octanol–water partition coefficient (Wildman–Crippen LogP) is 5.90. The van der Waals surface area contributed by atoms with E-state index in [1.165, 1.54) is 0 Å². The highest BCUT2D eigenvalue weighted by Crippen LogP contribution is 2.37. The summed E-state index contributed by atoms with van der Waals surface area (Å²) < 4.78 is 14.2. The van der Waals surface area contributed by atoms with Crippen molar-refractivity contribution in [1.29, 1.82) is 0 Å². The molecule has 2 aromatic heterocycles. The van der Waals surface area contributed by atoms with Crippen LogP contribution in [-0.2, 0) is 20.1 Å². The minimum atomic E-state index is -1.21. The Balaban J connectivity index is 1.32. The van der Waals surface area contributed by atoms with Crippen molar-refractivity contribution in [3.05, 3.63) is 114 Å². The number of nitrogens with zero attached hydrogens (tertiary/aromatic N) is 2. The molecule has 8 heteroatoms. The van der Waals surface area contributed by atoms with Crippen LogP contribution in [0.15, 0.2) is 91.0 Å². The van der Waals surface area contributed by atoms with Crippen molar-refractivity contribution in [2.45, 2.75) is 38.6 Å². The van der Waals surface area contributed by atoms with E-state index in [2.05, 4.69) is 42.2 Å². The summed E-state index contributed by atoms with van der Waals surface area (Å²) in [4.78, 5) is 3.55. The van der Waals surface area contributed by atoms with Gasteiger partial charge in [-0.2, -0.15) is 5.10 Å². The zero-order valence-corrected chi connectivity index (χ0v) is 24.5. The maximum absolute atomic E-state index is 10.3. The second-order valence-electron chi connectivity index (χ2n) is 10.8. The lowest BCUT2D eigenvalue weighted by Crippen LogP contribution is -2.34. The van der Waals surface area contributed by atoms with E-state index < -0.39 is 12.3 Å². The normalized spacial score (nSPS) is 13.0. The lowest BCUT2D eigenvalue weighted by Gasteiger charge is -2.16. The molecule has 4 aromatic carbocycles. The summed E-state index contributed by atoms with van der Waals surface area (Å²) in [5.41, 5.74) is 18.9. The van der Waals surface area contributed by atoms with Crippen LogP contribution in [0.25, 0.3) is 32.8 Å². The number of aromatic nitrogens is 3. The van der Waals surface area contributed by atoms with Crippen LogP contribution in [0.1, 0.15) is 35.1 Å². The van der Waals surface area contributed by atoms with E-state index in [1.54, 1.807) is 0 Å². The van der Waals surface area contributed by atoms with Crippen LogP contribution < -0.4 is 20.9 Å². The monoisotopic (exact) mass is 575 g/mol. The third kappa shape index (κ3) is 5.72. The first-order chi connectivity index (χ1) is 20.9. The highest BCUT2D eigenvalue weighted by atomic mass is 16.5. The van der Waals surface area contributed by atoms with Crippen LogP contribution in [0.4, 0.5) is 0 Å². The van der Waals surface area contributed by atoms with Crippen LogP contribution in [0.5, 0.6) is 11.5 Å². The largest absolute Gasteiger partial charge is 0.493 e. The van der Waals surface area contributed by atoms with Gasteiger partial charge in [0.05, 0.1) is 18.2 Å². The number of aromatic amines is 1. The summed E-state index contributed by atoms with van der Waals surface area (Å²) in [6.45, 7) is 2.91. The molecule has 0 spiro atoms. The number of fused-ring (bicyclic) bond motifs is 2. The Morgan fingerprint density at radius 1 is 0.884 bits per heavy atom. The van der Waals surface area contributed by atoms with Gasteiger partial charge in [0.15, 0.2) is 0 Å². The summed E-state index contributed by atoms with van der Waals surface area (Å²) in [5, 5.41) is 18.3. The van der Waals surface area contributed by atoms with Gasteiger partial charge >= 0.3 is 0 Å². The third-order valence-corrected chi connectivity index (χ3v) is 8.05. The van der Waals surface area contributed by atoms with Crippen molar-refractivity contribution < 1.29 is 14.6 Å². The van der Waals surface area contributed by atoms with Crippen molar-refractivity contribution in [3.8, 4) is 22.6 Å². The summed E-state index contributed by atoms with van der Waals surface area (Å²) >= 11 is 0. The van der Waals surface area contributed by atoms with E-state index in [-0.39, 0.29) is 0 Å².